The van der Waals surface area contributed by atoms with Crippen molar-refractivity contribution in [1.82, 2.24) is 4.31 Å². The van der Waals surface area contributed by atoms with E-state index in [9.17, 15) is 22.8 Å². The number of nitrogens with one attached hydrogen (secondary N) is 1. The van der Waals surface area contributed by atoms with Crippen molar-refractivity contribution >= 4 is 33.5 Å². The van der Waals surface area contributed by atoms with Crippen molar-refractivity contribution in [2.75, 3.05) is 18.5 Å². The zero-order chi connectivity index (χ0) is 20.3. The van der Waals surface area contributed by atoms with Gasteiger partial charge < -0.3 is 10.1 Å². The molecule has 2 aromatic carbocycles. The number of carbonyl (C=O) groups excluding carboxylic acids is 3. The van der Waals surface area contributed by atoms with Crippen molar-refractivity contribution in [3.05, 3.63) is 59.7 Å². The molecule has 2 aromatic rings. The summed E-state index contributed by atoms with van der Waals surface area (Å²) in [6.45, 7) is 0.917. The average Bonchev–Trinajstić information content (AvgIpc) is 2.84. The summed E-state index contributed by atoms with van der Waals surface area (Å²) in [5.41, 5.74) is 1.41. The van der Waals surface area contributed by atoms with Crippen LogP contribution >= 0.6 is 0 Å². The van der Waals surface area contributed by atoms with E-state index in [1.54, 1.807) is 36.4 Å². The lowest BCUT2D eigenvalue weighted by atomic mass is 10.1. The lowest BCUT2D eigenvalue weighted by Crippen LogP contribution is -2.33. The summed E-state index contributed by atoms with van der Waals surface area (Å²) in [7, 11) is -3.91. The fourth-order valence-electron chi connectivity index (χ4n) is 2.82. The van der Waals surface area contributed by atoms with E-state index in [2.05, 4.69) is 5.32 Å². The second kappa shape index (κ2) is 7.81. The van der Waals surface area contributed by atoms with E-state index in [0.717, 1.165) is 0 Å². The van der Waals surface area contributed by atoms with E-state index in [-0.39, 0.29) is 35.9 Å². The van der Waals surface area contributed by atoms with Gasteiger partial charge in [0.15, 0.2) is 0 Å². The van der Waals surface area contributed by atoms with Crippen molar-refractivity contribution in [2.24, 2.45) is 0 Å². The predicted molar refractivity (Wildman–Crippen MR) is 100 cm³/mol. The molecule has 1 aliphatic rings. The van der Waals surface area contributed by atoms with Crippen molar-refractivity contribution in [1.29, 1.82) is 0 Å². The molecule has 28 heavy (non-hydrogen) atoms. The van der Waals surface area contributed by atoms with E-state index < -0.39 is 21.9 Å². The molecule has 0 saturated heterocycles. The zero-order valence-corrected chi connectivity index (χ0v) is 15.9. The molecule has 0 unspecified atom stereocenters. The Morgan fingerprint density at radius 2 is 1.75 bits per heavy atom. The molecule has 1 N–H and O–H groups in total. The van der Waals surface area contributed by atoms with Gasteiger partial charge in [0.2, 0.25) is 5.91 Å². The fourth-order valence-corrected chi connectivity index (χ4v) is 4.37. The van der Waals surface area contributed by atoms with Crippen LogP contribution in [0.3, 0.4) is 0 Å². The molecule has 1 aliphatic heterocycles. The quantitative estimate of drug-likeness (QED) is 0.735. The van der Waals surface area contributed by atoms with Crippen molar-refractivity contribution < 1.29 is 27.5 Å². The first kappa shape index (κ1) is 19.6. The summed E-state index contributed by atoms with van der Waals surface area (Å²) in [4.78, 5) is 35.2. The van der Waals surface area contributed by atoms with Crippen LogP contribution in [-0.2, 0) is 30.8 Å². The highest BCUT2D eigenvalue weighted by Crippen LogP contribution is 2.29. The largest absolute Gasteiger partial charge is 0.463 e. The molecule has 8 nitrogen and oxygen atoms in total. The molecule has 9 heteroatoms. The Morgan fingerprint density at radius 1 is 1.07 bits per heavy atom. The second-order valence-electron chi connectivity index (χ2n) is 6.15. The van der Waals surface area contributed by atoms with Crippen molar-refractivity contribution in [3.63, 3.8) is 0 Å². The van der Waals surface area contributed by atoms with Crippen LogP contribution in [0.25, 0.3) is 0 Å². The first-order valence-corrected chi connectivity index (χ1v) is 9.91. The lowest BCUT2D eigenvalue weighted by molar-refractivity contribution is -0.142. The molecule has 3 rings (SSSR count). The van der Waals surface area contributed by atoms with Crippen LogP contribution in [0.2, 0.25) is 0 Å². The standard InChI is InChI=1S/C19H18N2O6S/c1-13(22)20-15-8-6-14(7-9-15)12-18(23)27-11-10-21-19(24)16-4-2-3-5-17(16)28(21,25)26/h2-9H,10-12H2,1H3,(H,20,22). The molecule has 0 saturated carbocycles. The molecular weight excluding hydrogens is 384 g/mol. The van der Waals surface area contributed by atoms with Gasteiger partial charge in [0.05, 0.1) is 18.5 Å². The number of esters is 1. The van der Waals surface area contributed by atoms with Crippen LogP contribution in [0.1, 0.15) is 22.8 Å². The van der Waals surface area contributed by atoms with Crippen LogP contribution < -0.4 is 5.32 Å². The van der Waals surface area contributed by atoms with Gasteiger partial charge in [-0.2, -0.15) is 0 Å². The minimum atomic E-state index is -3.91. The van der Waals surface area contributed by atoms with Gasteiger partial charge in [0.1, 0.15) is 11.5 Å². The van der Waals surface area contributed by atoms with E-state index >= 15 is 0 Å². The van der Waals surface area contributed by atoms with Crippen LogP contribution in [0, 0.1) is 0 Å². The minimum Gasteiger partial charge on any atom is -0.463 e. The summed E-state index contributed by atoms with van der Waals surface area (Å²) in [6.07, 6.45) is -0.0126. The summed E-state index contributed by atoms with van der Waals surface area (Å²) in [5, 5.41) is 2.62. The molecule has 0 radical (unpaired) electrons. The molecule has 0 spiro atoms. The number of ether oxygens (including phenoxy) is 1. The molecule has 0 aliphatic carbocycles. The number of fused-ring (bicyclic) bond motifs is 1. The first-order valence-electron chi connectivity index (χ1n) is 8.47. The second-order valence-corrected chi connectivity index (χ2v) is 7.98. The van der Waals surface area contributed by atoms with Gasteiger partial charge in [0, 0.05) is 12.6 Å². The highest BCUT2D eigenvalue weighted by Gasteiger charge is 2.40. The zero-order valence-electron chi connectivity index (χ0n) is 15.0. The molecule has 1 heterocycles. The number of rotatable bonds is 6. The van der Waals surface area contributed by atoms with Crippen LogP contribution in [-0.4, -0.2) is 43.7 Å². The van der Waals surface area contributed by atoms with E-state index in [1.807, 2.05) is 0 Å². The highest BCUT2D eigenvalue weighted by molar-refractivity contribution is 7.90. The smallest absolute Gasteiger partial charge is 0.310 e. The minimum absolute atomic E-state index is 0.0126. The maximum Gasteiger partial charge on any atom is 0.310 e. The number of nitrogens with zero attached hydrogens (tertiary/aromatic N) is 1. The van der Waals surface area contributed by atoms with Gasteiger partial charge in [-0.15, -0.1) is 0 Å². The van der Waals surface area contributed by atoms with Gasteiger partial charge >= 0.3 is 5.97 Å². The van der Waals surface area contributed by atoms with Crippen LogP contribution in [0.5, 0.6) is 0 Å². The van der Waals surface area contributed by atoms with E-state index in [1.165, 1.54) is 19.1 Å². The Morgan fingerprint density at radius 3 is 2.39 bits per heavy atom. The summed E-state index contributed by atoms with van der Waals surface area (Å²) in [5.74, 6) is -1.37. The third-order valence-electron chi connectivity index (χ3n) is 4.09. The lowest BCUT2D eigenvalue weighted by Gasteiger charge is -2.15. The number of sulfonamides is 1. The number of hydrogen-bond donors (Lipinski definition) is 1. The topological polar surface area (TPSA) is 110 Å². The Labute approximate surface area is 162 Å². The number of carbonyl (C=O) groups is 3. The van der Waals surface area contributed by atoms with Crippen LogP contribution in [0.4, 0.5) is 5.69 Å². The van der Waals surface area contributed by atoms with Gasteiger partial charge in [-0.1, -0.05) is 24.3 Å². The highest BCUT2D eigenvalue weighted by atomic mass is 32.2. The molecular formula is C19H18N2O6S. The molecule has 0 fully saturated rings. The Balaban J connectivity index is 1.53. The monoisotopic (exact) mass is 402 g/mol. The number of benzene rings is 2. The maximum absolute atomic E-state index is 12.4. The summed E-state index contributed by atoms with van der Waals surface area (Å²) in [6, 6.07) is 12.6. The average molecular weight is 402 g/mol. The third kappa shape index (κ3) is 4.04. The van der Waals surface area contributed by atoms with E-state index in [4.69, 9.17) is 4.74 Å². The Bertz CT molecular complexity index is 1030. The van der Waals surface area contributed by atoms with Crippen LogP contribution in [0.15, 0.2) is 53.4 Å². The van der Waals surface area contributed by atoms with Crippen molar-refractivity contribution in [2.45, 2.75) is 18.2 Å². The summed E-state index contributed by atoms with van der Waals surface area (Å²) >= 11 is 0. The van der Waals surface area contributed by atoms with Gasteiger partial charge in [-0.05, 0) is 29.8 Å². The Kier molecular flexibility index (Phi) is 5.46. The maximum atomic E-state index is 12.4. The van der Waals surface area contributed by atoms with Gasteiger partial charge in [0.25, 0.3) is 15.9 Å². The Hall–Kier alpha value is -3.20. The molecule has 0 bridgehead atoms. The number of anilines is 1. The first-order chi connectivity index (χ1) is 13.3. The predicted octanol–water partition coefficient (Wildman–Crippen LogP) is 1.58. The molecule has 0 atom stereocenters. The van der Waals surface area contributed by atoms with E-state index in [0.29, 0.717) is 15.6 Å². The summed E-state index contributed by atoms with van der Waals surface area (Å²) < 4.78 is 30.6. The van der Waals surface area contributed by atoms with Crippen molar-refractivity contribution in [3.8, 4) is 0 Å². The number of amides is 2. The fraction of sp³-hybridized carbons (Fsp3) is 0.211. The third-order valence-corrected chi connectivity index (χ3v) is 5.93. The SMILES string of the molecule is CC(=O)Nc1ccc(CC(=O)OCCN2C(=O)c3ccccc3S2(=O)=O)cc1. The van der Waals surface area contributed by atoms with Gasteiger partial charge in [-0.25, -0.2) is 12.7 Å². The number of hydrogen-bond acceptors (Lipinski definition) is 6. The molecule has 0 aromatic heterocycles. The molecule has 146 valence electrons. The van der Waals surface area contributed by atoms with Gasteiger partial charge in [-0.3, -0.25) is 14.4 Å². The molecule has 2 amide bonds. The normalized spacial score (nSPS) is 14.5.